The van der Waals surface area contributed by atoms with Crippen molar-refractivity contribution in [3.05, 3.63) is 35.4 Å². The smallest absolute Gasteiger partial charge is 1.00 e. The minimum atomic E-state index is -1.13. The maximum absolute atomic E-state index is 10.4. The largest absolute Gasteiger partial charge is 1.00 e. The number of aromatic carboxylic acids is 2. The molecule has 0 aliphatic heterocycles. The Balaban J connectivity index is 0. The summed E-state index contributed by atoms with van der Waals surface area (Å²) in [5, 5.41) is 17.0. The van der Waals surface area contributed by atoms with Crippen LogP contribution in [0.1, 0.15) is 22.1 Å². The van der Waals surface area contributed by atoms with Crippen LogP contribution in [0.15, 0.2) is 24.3 Å². The summed E-state index contributed by atoms with van der Waals surface area (Å²) in [6.45, 7) is 0. The predicted molar refractivity (Wildman–Crippen MR) is 41.5 cm³/mol. The topological polar surface area (TPSA) is 74.6 Å². The quantitative estimate of drug-likeness (QED) is 0.560. The van der Waals surface area contributed by atoms with Crippen molar-refractivity contribution < 1.29 is 72.6 Å². The number of rotatable bonds is 2. The maximum Gasteiger partial charge on any atom is 1.00 e. The van der Waals surface area contributed by atoms with Gasteiger partial charge in [0.25, 0.3) is 0 Å². The second kappa shape index (κ2) is 5.51. The Bertz CT molecular complexity index is 311. The fourth-order valence-corrected chi connectivity index (χ4v) is 0.785. The van der Waals surface area contributed by atoms with Crippen LogP contribution in [0.3, 0.4) is 0 Å². The van der Waals surface area contributed by atoms with E-state index in [4.69, 9.17) is 10.2 Å². The number of carboxylic acid groups (broad SMARTS) is 2. The standard InChI is InChI=1S/C8H6O4.K.H/c9-7(10)5-2-1-3-6(4-5)8(11)12;;/h1-4H,(H,9,10)(H,11,12);;/q;+1;-1. The molecule has 0 fully saturated rings. The Morgan fingerprint density at radius 3 is 1.77 bits per heavy atom. The molecule has 0 saturated heterocycles. The molecule has 64 valence electrons. The van der Waals surface area contributed by atoms with Gasteiger partial charge in [0.15, 0.2) is 0 Å². The van der Waals surface area contributed by atoms with Crippen molar-refractivity contribution in [1.82, 2.24) is 0 Å². The molecule has 0 bridgehead atoms. The second-order valence-corrected chi connectivity index (χ2v) is 2.19. The zero-order valence-corrected chi connectivity index (χ0v) is 10.1. The molecule has 0 amide bonds. The molecule has 0 radical (unpaired) electrons. The summed E-state index contributed by atoms with van der Waals surface area (Å²) >= 11 is 0. The van der Waals surface area contributed by atoms with Gasteiger partial charge in [0.1, 0.15) is 0 Å². The number of benzene rings is 1. The zero-order valence-electron chi connectivity index (χ0n) is 8.02. The van der Waals surface area contributed by atoms with Gasteiger partial charge >= 0.3 is 63.3 Å². The van der Waals surface area contributed by atoms with Gasteiger partial charge in [0.05, 0.1) is 11.1 Å². The monoisotopic (exact) mass is 206 g/mol. The molecule has 5 heteroatoms. The van der Waals surface area contributed by atoms with E-state index in [1.807, 2.05) is 0 Å². The van der Waals surface area contributed by atoms with Crippen LogP contribution in [0, 0.1) is 0 Å². The fraction of sp³-hybridized carbons (Fsp3) is 0. The van der Waals surface area contributed by atoms with E-state index in [0.717, 1.165) is 6.07 Å². The Morgan fingerprint density at radius 1 is 1.08 bits per heavy atom. The Labute approximate surface area is 118 Å². The van der Waals surface area contributed by atoms with Gasteiger partial charge in [-0.05, 0) is 18.2 Å². The first kappa shape index (κ1) is 12.8. The number of carboxylic acids is 2. The van der Waals surface area contributed by atoms with E-state index in [0.29, 0.717) is 0 Å². The van der Waals surface area contributed by atoms with Crippen LogP contribution < -0.4 is 51.4 Å². The van der Waals surface area contributed by atoms with Crippen molar-refractivity contribution in [2.24, 2.45) is 0 Å². The number of carbonyl (C=O) groups is 2. The van der Waals surface area contributed by atoms with Crippen molar-refractivity contribution >= 4 is 11.9 Å². The van der Waals surface area contributed by atoms with E-state index < -0.39 is 11.9 Å². The molecular formula is C8H7KO4. The van der Waals surface area contributed by atoms with E-state index in [1.54, 1.807) is 0 Å². The summed E-state index contributed by atoms with van der Waals surface area (Å²) in [6, 6.07) is 5.20. The first-order valence-electron chi connectivity index (χ1n) is 3.18. The molecule has 0 spiro atoms. The van der Waals surface area contributed by atoms with Gasteiger partial charge < -0.3 is 11.6 Å². The molecule has 1 aromatic carbocycles. The van der Waals surface area contributed by atoms with Gasteiger partial charge in [-0.25, -0.2) is 9.59 Å². The molecule has 0 unspecified atom stereocenters. The molecule has 13 heavy (non-hydrogen) atoms. The molecular weight excluding hydrogens is 199 g/mol. The van der Waals surface area contributed by atoms with Crippen LogP contribution in [-0.4, -0.2) is 22.2 Å². The van der Waals surface area contributed by atoms with Crippen molar-refractivity contribution in [1.29, 1.82) is 0 Å². The van der Waals surface area contributed by atoms with Gasteiger partial charge in [0.2, 0.25) is 0 Å². The maximum atomic E-state index is 10.4. The molecule has 1 rings (SSSR count). The average Bonchev–Trinajstić information content (AvgIpc) is 2.04. The van der Waals surface area contributed by atoms with Gasteiger partial charge in [-0.1, -0.05) is 6.07 Å². The van der Waals surface area contributed by atoms with Crippen molar-refractivity contribution in [2.75, 3.05) is 0 Å². The molecule has 0 aliphatic rings. The Morgan fingerprint density at radius 2 is 1.46 bits per heavy atom. The van der Waals surface area contributed by atoms with Crippen LogP contribution in [0.25, 0.3) is 0 Å². The summed E-state index contributed by atoms with van der Waals surface area (Å²) in [4.78, 5) is 20.8. The normalized spacial score (nSPS) is 8.62. The van der Waals surface area contributed by atoms with Crippen molar-refractivity contribution in [2.45, 2.75) is 0 Å². The second-order valence-electron chi connectivity index (χ2n) is 2.19. The van der Waals surface area contributed by atoms with E-state index in [2.05, 4.69) is 0 Å². The first-order chi connectivity index (χ1) is 5.61. The third-order valence-corrected chi connectivity index (χ3v) is 1.36. The minimum Gasteiger partial charge on any atom is -1.00 e. The van der Waals surface area contributed by atoms with Gasteiger partial charge in [-0.15, -0.1) is 0 Å². The van der Waals surface area contributed by atoms with Gasteiger partial charge in [0, 0.05) is 0 Å². The van der Waals surface area contributed by atoms with E-state index >= 15 is 0 Å². The van der Waals surface area contributed by atoms with Crippen LogP contribution in [0.2, 0.25) is 0 Å². The van der Waals surface area contributed by atoms with Crippen molar-refractivity contribution in [3.8, 4) is 0 Å². The van der Waals surface area contributed by atoms with Crippen LogP contribution >= 0.6 is 0 Å². The van der Waals surface area contributed by atoms with E-state index in [-0.39, 0.29) is 63.9 Å². The third-order valence-electron chi connectivity index (χ3n) is 1.36. The minimum absolute atomic E-state index is 0. The summed E-state index contributed by atoms with van der Waals surface area (Å²) < 4.78 is 0. The van der Waals surface area contributed by atoms with Crippen LogP contribution in [-0.2, 0) is 0 Å². The van der Waals surface area contributed by atoms with Crippen LogP contribution in [0.4, 0.5) is 0 Å². The molecule has 0 aliphatic carbocycles. The Kier molecular flexibility index (Phi) is 5.42. The summed E-state index contributed by atoms with van der Waals surface area (Å²) in [6.07, 6.45) is 0. The molecule has 1 aromatic rings. The Hall–Kier alpha value is -0.204. The van der Waals surface area contributed by atoms with Crippen molar-refractivity contribution in [3.63, 3.8) is 0 Å². The fourth-order valence-electron chi connectivity index (χ4n) is 0.785. The third kappa shape index (κ3) is 3.57. The number of hydrogen-bond acceptors (Lipinski definition) is 2. The van der Waals surface area contributed by atoms with Crippen LogP contribution in [0.5, 0.6) is 0 Å². The molecule has 2 N–H and O–H groups in total. The SMILES string of the molecule is O=C(O)c1cccc(C(=O)O)c1.[H-].[K+]. The zero-order chi connectivity index (χ0) is 9.14. The average molecular weight is 206 g/mol. The molecule has 4 nitrogen and oxygen atoms in total. The van der Waals surface area contributed by atoms with E-state index in [1.165, 1.54) is 18.2 Å². The van der Waals surface area contributed by atoms with Gasteiger partial charge in [-0.2, -0.15) is 0 Å². The summed E-state index contributed by atoms with van der Waals surface area (Å²) in [5.41, 5.74) is -0.0372. The molecule has 0 saturated carbocycles. The number of hydrogen-bond donors (Lipinski definition) is 2. The molecule has 0 atom stereocenters. The first-order valence-corrected chi connectivity index (χ1v) is 3.18. The molecule has 0 aromatic heterocycles. The molecule has 0 heterocycles. The summed E-state index contributed by atoms with van der Waals surface area (Å²) in [7, 11) is 0. The van der Waals surface area contributed by atoms with Gasteiger partial charge in [-0.3, -0.25) is 0 Å². The summed E-state index contributed by atoms with van der Waals surface area (Å²) in [5.74, 6) is -2.25. The van der Waals surface area contributed by atoms with E-state index in [9.17, 15) is 9.59 Å². The predicted octanol–water partition coefficient (Wildman–Crippen LogP) is -1.80.